The topological polar surface area (TPSA) is 17.8 Å². The number of rotatable bonds is 3. The molecule has 36 heavy (non-hydrogen) atoms. The van der Waals surface area contributed by atoms with Gasteiger partial charge in [-0.2, -0.15) is 0 Å². The quantitative estimate of drug-likeness (QED) is 0.257. The first-order valence-corrected chi connectivity index (χ1v) is 12.5. The first-order chi connectivity index (χ1) is 17.6. The summed E-state index contributed by atoms with van der Waals surface area (Å²) in [5.74, 6) is 0.994. The number of aromatic nitrogens is 2. The van der Waals surface area contributed by atoms with Crippen molar-refractivity contribution < 1.29 is 0 Å². The normalized spacial score (nSPS) is 13.5. The van der Waals surface area contributed by atoms with Crippen molar-refractivity contribution in [1.29, 1.82) is 0 Å². The van der Waals surface area contributed by atoms with Crippen LogP contribution in [0.15, 0.2) is 121 Å². The lowest BCUT2D eigenvalue weighted by molar-refractivity contribution is 0.629. The molecule has 6 aromatic rings. The first kappa shape index (κ1) is 20.9. The number of hydrogen-bond donors (Lipinski definition) is 0. The summed E-state index contributed by atoms with van der Waals surface area (Å²) in [5.41, 5.74) is 12.0. The van der Waals surface area contributed by atoms with Gasteiger partial charge in [-0.1, -0.05) is 111 Å². The van der Waals surface area contributed by atoms with Crippen LogP contribution >= 0.6 is 0 Å². The maximum absolute atomic E-state index is 5.11. The van der Waals surface area contributed by atoms with Crippen LogP contribution in [0.25, 0.3) is 50.4 Å². The van der Waals surface area contributed by atoms with E-state index in [1.165, 1.54) is 44.6 Å². The van der Waals surface area contributed by atoms with Crippen molar-refractivity contribution in [2.45, 2.75) is 19.3 Å². The van der Waals surface area contributed by atoms with Gasteiger partial charge < -0.3 is 0 Å². The van der Waals surface area contributed by atoms with Gasteiger partial charge in [0.2, 0.25) is 0 Å². The lowest BCUT2D eigenvalue weighted by atomic mass is 9.74. The second kappa shape index (κ2) is 7.79. The Balaban J connectivity index is 1.45. The third-order valence-corrected chi connectivity index (χ3v) is 7.60. The third-order valence-electron chi connectivity index (χ3n) is 7.60. The Morgan fingerprint density at radius 1 is 0.528 bits per heavy atom. The molecule has 0 saturated carbocycles. The minimum absolute atomic E-state index is 0.147. The highest BCUT2D eigenvalue weighted by atomic mass is 15.1. The predicted molar refractivity (Wildman–Crippen MR) is 150 cm³/mol. The van der Waals surface area contributed by atoms with Crippen molar-refractivity contribution in [3.8, 4) is 39.3 Å². The van der Waals surface area contributed by atoms with Crippen molar-refractivity contribution in [2.75, 3.05) is 0 Å². The van der Waals surface area contributed by atoms with Gasteiger partial charge in [-0.15, -0.1) is 0 Å². The summed E-state index contributed by atoms with van der Waals surface area (Å²) in [4.78, 5) is 5.11. The summed E-state index contributed by atoms with van der Waals surface area (Å²) in [6.07, 6.45) is 0. The molecule has 2 heteroatoms. The molecule has 1 aliphatic heterocycles. The largest absolute Gasteiger partial charge is 0.292 e. The average Bonchev–Trinajstić information content (AvgIpc) is 3.33. The summed E-state index contributed by atoms with van der Waals surface area (Å²) in [7, 11) is 0. The van der Waals surface area contributed by atoms with Crippen LogP contribution in [0.4, 0.5) is 0 Å². The van der Waals surface area contributed by atoms with Gasteiger partial charge in [0.05, 0.1) is 16.7 Å². The Bertz CT molecular complexity index is 1740. The van der Waals surface area contributed by atoms with E-state index in [-0.39, 0.29) is 5.41 Å². The highest BCUT2D eigenvalue weighted by Gasteiger charge is 2.35. The van der Waals surface area contributed by atoms with Crippen molar-refractivity contribution in [3.05, 3.63) is 132 Å². The van der Waals surface area contributed by atoms with E-state index in [2.05, 4.69) is 140 Å². The first-order valence-electron chi connectivity index (χ1n) is 12.5. The average molecular weight is 463 g/mol. The monoisotopic (exact) mass is 462 g/mol. The molecule has 2 heterocycles. The van der Waals surface area contributed by atoms with Gasteiger partial charge in [0.25, 0.3) is 0 Å². The molecule has 0 atom stereocenters. The van der Waals surface area contributed by atoms with E-state index in [0.717, 1.165) is 16.9 Å². The van der Waals surface area contributed by atoms with E-state index in [4.69, 9.17) is 4.98 Å². The van der Waals surface area contributed by atoms with Crippen LogP contribution < -0.4 is 0 Å². The maximum atomic E-state index is 5.11. The fourth-order valence-corrected chi connectivity index (χ4v) is 5.71. The van der Waals surface area contributed by atoms with Gasteiger partial charge >= 0.3 is 0 Å². The van der Waals surface area contributed by atoms with Crippen LogP contribution in [0.2, 0.25) is 0 Å². The van der Waals surface area contributed by atoms with Gasteiger partial charge in [-0.3, -0.25) is 4.57 Å². The molecule has 0 unspecified atom stereocenters. The van der Waals surface area contributed by atoms with E-state index in [1.54, 1.807) is 0 Å². The number of nitrogens with zero attached hydrogens (tertiary/aromatic N) is 2. The molecule has 5 aromatic carbocycles. The third kappa shape index (κ3) is 3.08. The van der Waals surface area contributed by atoms with E-state index in [9.17, 15) is 0 Å². The van der Waals surface area contributed by atoms with Gasteiger partial charge in [-0.25, -0.2) is 4.98 Å². The van der Waals surface area contributed by atoms with Crippen molar-refractivity contribution in [1.82, 2.24) is 9.55 Å². The fraction of sp³-hybridized carbons (Fsp3) is 0.0882. The molecule has 0 aliphatic carbocycles. The molecule has 1 aromatic heterocycles. The molecule has 0 bridgehead atoms. The molecule has 0 spiro atoms. The van der Waals surface area contributed by atoms with Gasteiger partial charge in [-0.05, 0) is 57.6 Å². The van der Waals surface area contributed by atoms with Crippen LogP contribution in [0.3, 0.4) is 0 Å². The molecular formula is C34H26N2. The predicted octanol–water partition coefficient (Wildman–Crippen LogP) is 8.67. The maximum Gasteiger partial charge on any atom is 0.145 e. The smallest absolute Gasteiger partial charge is 0.145 e. The van der Waals surface area contributed by atoms with Crippen LogP contribution in [0.5, 0.6) is 0 Å². The molecule has 0 fully saturated rings. The summed E-state index contributed by atoms with van der Waals surface area (Å²) < 4.78 is 2.37. The number of para-hydroxylation sites is 1. The number of benzene rings is 5. The Kier molecular flexibility index (Phi) is 4.52. The molecule has 0 radical (unpaired) electrons. The molecule has 0 N–H and O–H groups in total. The molecular weight excluding hydrogens is 436 g/mol. The van der Waals surface area contributed by atoms with Gasteiger partial charge in [0.15, 0.2) is 0 Å². The van der Waals surface area contributed by atoms with E-state index in [1.807, 2.05) is 0 Å². The molecule has 172 valence electrons. The van der Waals surface area contributed by atoms with Crippen LogP contribution in [0.1, 0.15) is 25.0 Å². The van der Waals surface area contributed by atoms with E-state index < -0.39 is 0 Å². The van der Waals surface area contributed by atoms with Crippen LogP contribution in [-0.2, 0) is 5.41 Å². The zero-order valence-corrected chi connectivity index (χ0v) is 20.4. The SMILES string of the molecule is CC1(C)c2cc(-c3cccc(-c4ccccc4)c3)ccc2-n2c(-c3ccccc3)nc3cccc1c32. The van der Waals surface area contributed by atoms with Gasteiger partial charge in [0, 0.05) is 11.0 Å². The minimum atomic E-state index is -0.147. The summed E-state index contributed by atoms with van der Waals surface area (Å²) in [6.45, 7) is 4.67. The summed E-state index contributed by atoms with van der Waals surface area (Å²) in [6, 6.07) is 43.4. The minimum Gasteiger partial charge on any atom is -0.292 e. The molecule has 2 nitrogen and oxygen atoms in total. The van der Waals surface area contributed by atoms with E-state index in [0.29, 0.717) is 0 Å². The highest BCUT2D eigenvalue weighted by molar-refractivity contribution is 5.90. The standard InChI is InChI=1S/C34H26N2/c1-34(2)28-17-10-18-30-32(28)36(33(35-30)24-13-7-4-8-14-24)31-20-19-27(22-29(31)34)26-16-9-15-25(21-26)23-11-5-3-6-12-23/h3-22H,1-2H3. The number of hydrogen-bond acceptors (Lipinski definition) is 1. The van der Waals surface area contributed by atoms with Gasteiger partial charge in [0.1, 0.15) is 5.82 Å². The molecule has 0 saturated heterocycles. The van der Waals surface area contributed by atoms with Crippen molar-refractivity contribution in [2.24, 2.45) is 0 Å². The number of fused-ring (bicyclic) bond motifs is 2. The molecule has 7 rings (SSSR count). The van der Waals surface area contributed by atoms with Crippen LogP contribution in [0, 0.1) is 0 Å². The second-order valence-corrected chi connectivity index (χ2v) is 10.1. The Hall–Kier alpha value is -4.43. The fourth-order valence-electron chi connectivity index (χ4n) is 5.71. The van der Waals surface area contributed by atoms with Crippen LogP contribution in [-0.4, -0.2) is 9.55 Å². The zero-order valence-electron chi connectivity index (χ0n) is 20.4. The second-order valence-electron chi connectivity index (χ2n) is 10.1. The Labute approximate surface area is 211 Å². The Morgan fingerprint density at radius 2 is 1.14 bits per heavy atom. The lowest BCUT2D eigenvalue weighted by Gasteiger charge is -2.35. The Morgan fingerprint density at radius 3 is 1.89 bits per heavy atom. The highest BCUT2D eigenvalue weighted by Crippen LogP contribution is 2.47. The summed E-state index contributed by atoms with van der Waals surface area (Å²) >= 11 is 0. The summed E-state index contributed by atoms with van der Waals surface area (Å²) in [5, 5.41) is 0. The number of imidazole rings is 1. The zero-order chi connectivity index (χ0) is 24.3. The molecule has 1 aliphatic rings. The lowest BCUT2D eigenvalue weighted by Crippen LogP contribution is -2.26. The van der Waals surface area contributed by atoms with Crippen molar-refractivity contribution in [3.63, 3.8) is 0 Å². The van der Waals surface area contributed by atoms with Crippen molar-refractivity contribution >= 4 is 11.0 Å². The molecule has 0 amide bonds. The van der Waals surface area contributed by atoms with E-state index >= 15 is 0 Å².